The predicted molar refractivity (Wildman–Crippen MR) is 95.7 cm³/mol. The van der Waals surface area contributed by atoms with Crippen molar-refractivity contribution in [2.24, 2.45) is 0 Å². The fourth-order valence-electron chi connectivity index (χ4n) is 2.25. The fourth-order valence-corrected chi connectivity index (χ4v) is 2.25. The number of benzene rings is 2. The van der Waals surface area contributed by atoms with Crippen molar-refractivity contribution in [3.05, 3.63) is 59.4 Å². The molecule has 26 heavy (non-hydrogen) atoms. The molecule has 0 spiro atoms. The molecule has 6 nitrogen and oxygen atoms in total. The van der Waals surface area contributed by atoms with Gasteiger partial charge < -0.3 is 20.1 Å². The average Bonchev–Trinajstić information content (AvgIpc) is 2.61. The number of halogens is 1. The minimum absolute atomic E-state index is 0.135. The van der Waals surface area contributed by atoms with Crippen LogP contribution in [0.1, 0.15) is 22.8 Å². The van der Waals surface area contributed by atoms with Crippen molar-refractivity contribution in [1.82, 2.24) is 5.32 Å². The first-order chi connectivity index (χ1) is 12.5. The van der Waals surface area contributed by atoms with Crippen LogP contribution in [0.4, 0.5) is 10.1 Å². The zero-order chi connectivity index (χ0) is 18.9. The first-order valence-corrected chi connectivity index (χ1v) is 8.05. The second-order valence-electron chi connectivity index (χ2n) is 5.55. The van der Waals surface area contributed by atoms with E-state index in [1.165, 1.54) is 19.1 Å². The van der Waals surface area contributed by atoms with Gasteiger partial charge in [-0.1, -0.05) is 12.1 Å². The van der Waals surface area contributed by atoms with Crippen LogP contribution in [0.5, 0.6) is 5.75 Å². The maximum absolute atomic E-state index is 13.9. The predicted octanol–water partition coefficient (Wildman–Crippen LogP) is 2.74. The first kappa shape index (κ1) is 19.4. The maximum Gasteiger partial charge on any atom is 0.254 e. The summed E-state index contributed by atoms with van der Waals surface area (Å²) in [6.07, 6.45) is 0. The largest absolute Gasteiger partial charge is 0.491 e. The standard InChI is InChI=1S/C19H21FN2O4/c1-13(23)22-15-6-7-18(20)17(11-15)19(24)21-12-14-4-3-5-16(10-14)26-9-8-25-2/h3-7,10-11H,8-9,12H2,1-2H3,(H,21,24)(H,22,23). The molecule has 0 aliphatic heterocycles. The molecule has 0 heterocycles. The number of carbonyl (C=O) groups excluding carboxylic acids is 2. The van der Waals surface area contributed by atoms with E-state index >= 15 is 0 Å². The molecule has 0 bridgehead atoms. The third-order valence-electron chi connectivity index (χ3n) is 3.44. The van der Waals surface area contributed by atoms with Gasteiger partial charge in [-0.3, -0.25) is 9.59 Å². The van der Waals surface area contributed by atoms with Gasteiger partial charge in [0.05, 0.1) is 12.2 Å². The quantitative estimate of drug-likeness (QED) is 0.710. The molecule has 7 heteroatoms. The Kier molecular flexibility index (Phi) is 7.11. The molecule has 2 aromatic carbocycles. The third kappa shape index (κ3) is 5.86. The van der Waals surface area contributed by atoms with Crippen molar-refractivity contribution in [1.29, 1.82) is 0 Å². The van der Waals surface area contributed by atoms with Crippen LogP contribution in [0, 0.1) is 5.82 Å². The Morgan fingerprint density at radius 3 is 2.65 bits per heavy atom. The Hall–Kier alpha value is -2.93. The molecule has 0 fully saturated rings. The number of rotatable bonds is 8. The highest BCUT2D eigenvalue weighted by molar-refractivity contribution is 5.97. The summed E-state index contributed by atoms with van der Waals surface area (Å²) in [4.78, 5) is 23.4. The van der Waals surface area contributed by atoms with Gasteiger partial charge in [-0.25, -0.2) is 4.39 Å². The molecule has 0 aliphatic carbocycles. The van der Waals surface area contributed by atoms with Crippen LogP contribution in [0.3, 0.4) is 0 Å². The van der Waals surface area contributed by atoms with Crippen molar-refractivity contribution < 1.29 is 23.5 Å². The van der Waals surface area contributed by atoms with E-state index in [1.54, 1.807) is 19.2 Å². The van der Waals surface area contributed by atoms with E-state index in [1.807, 2.05) is 12.1 Å². The Bertz CT molecular complexity index is 780. The minimum Gasteiger partial charge on any atom is -0.491 e. The third-order valence-corrected chi connectivity index (χ3v) is 3.44. The van der Waals surface area contributed by atoms with Crippen LogP contribution in [0.25, 0.3) is 0 Å². The molecule has 0 unspecified atom stereocenters. The summed E-state index contributed by atoms with van der Waals surface area (Å²) < 4.78 is 24.4. The molecule has 2 amide bonds. The van der Waals surface area contributed by atoms with Gasteiger partial charge in [-0.05, 0) is 35.9 Å². The molecular weight excluding hydrogens is 339 g/mol. The van der Waals surface area contributed by atoms with Gasteiger partial charge in [0.15, 0.2) is 0 Å². The number of amides is 2. The normalized spacial score (nSPS) is 10.3. The monoisotopic (exact) mass is 360 g/mol. The first-order valence-electron chi connectivity index (χ1n) is 8.05. The summed E-state index contributed by atoms with van der Waals surface area (Å²) in [7, 11) is 1.59. The van der Waals surface area contributed by atoms with Gasteiger partial charge in [-0.2, -0.15) is 0 Å². The van der Waals surface area contributed by atoms with Gasteiger partial charge in [0, 0.05) is 26.3 Å². The average molecular weight is 360 g/mol. The maximum atomic E-state index is 13.9. The molecule has 0 saturated heterocycles. The molecule has 2 aromatic rings. The number of ether oxygens (including phenoxy) is 2. The molecular formula is C19H21FN2O4. The van der Waals surface area contributed by atoms with Crippen molar-refractivity contribution in [2.45, 2.75) is 13.5 Å². The summed E-state index contributed by atoms with van der Waals surface area (Å²) >= 11 is 0. The fraction of sp³-hybridized carbons (Fsp3) is 0.263. The Morgan fingerprint density at radius 2 is 1.92 bits per heavy atom. The molecule has 2 N–H and O–H groups in total. The van der Waals surface area contributed by atoms with E-state index in [0.717, 1.165) is 11.6 Å². The number of carbonyl (C=O) groups is 2. The topological polar surface area (TPSA) is 76.7 Å². The van der Waals surface area contributed by atoms with E-state index in [4.69, 9.17) is 9.47 Å². The molecule has 138 valence electrons. The summed E-state index contributed by atoms with van der Waals surface area (Å²) in [5.74, 6) is -0.866. The highest BCUT2D eigenvalue weighted by atomic mass is 19.1. The lowest BCUT2D eigenvalue weighted by atomic mass is 10.1. The van der Waals surface area contributed by atoms with Gasteiger partial charge in [-0.15, -0.1) is 0 Å². The van der Waals surface area contributed by atoms with Gasteiger partial charge >= 0.3 is 0 Å². The summed E-state index contributed by atoms with van der Waals surface area (Å²) in [6.45, 7) is 2.45. The zero-order valence-corrected chi connectivity index (χ0v) is 14.7. The SMILES string of the molecule is COCCOc1cccc(CNC(=O)c2cc(NC(C)=O)ccc2F)c1. The second-order valence-corrected chi connectivity index (χ2v) is 5.55. The number of hydrogen-bond acceptors (Lipinski definition) is 4. The molecule has 2 rings (SSSR count). The Labute approximate surface area is 151 Å². The van der Waals surface area contributed by atoms with Crippen LogP contribution in [-0.4, -0.2) is 32.1 Å². The highest BCUT2D eigenvalue weighted by Crippen LogP contribution is 2.16. The molecule has 0 aliphatic rings. The lowest BCUT2D eigenvalue weighted by Crippen LogP contribution is -2.24. The van der Waals surface area contributed by atoms with Crippen LogP contribution < -0.4 is 15.4 Å². The van der Waals surface area contributed by atoms with Gasteiger partial charge in [0.1, 0.15) is 18.2 Å². The van der Waals surface area contributed by atoms with Crippen molar-refractivity contribution in [3.8, 4) is 5.75 Å². The summed E-state index contributed by atoms with van der Waals surface area (Å²) in [5, 5.41) is 5.18. The van der Waals surface area contributed by atoms with Gasteiger partial charge in [0.25, 0.3) is 5.91 Å². The van der Waals surface area contributed by atoms with Crippen LogP contribution in [-0.2, 0) is 16.1 Å². The van der Waals surface area contributed by atoms with Crippen molar-refractivity contribution >= 4 is 17.5 Å². The minimum atomic E-state index is -0.659. The van der Waals surface area contributed by atoms with E-state index < -0.39 is 11.7 Å². The number of anilines is 1. The van der Waals surface area contributed by atoms with Crippen molar-refractivity contribution in [2.75, 3.05) is 25.6 Å². The second kappa shape index (κ2) is 9.53. The molecule has 0 aromatic heterocycles. The highest BCUT2D eigenvalue weighted by Gasteiger charge is 2.13. The van der Waals surface area contributed by atoms with Crippen LogP contribution in [0.2, 0.25) is 0 Å². The zero-order valence-electron chi connectivity index (χ0n) is 14.7. The summed E-state index contributed by atoms with van der Waals surface area (Å²) in [5.41, 5.74) is 1.04. The molecule has 0 atom stereocenters. The number of nitrogens with one attached hydrogen (secondary N) is 2. The van der Waals surface area contributed by atoms with Crippen molar-refractivity contribution in [3.63, 3.8) is 0 Å². The van der Waals surface area contributed by atoms with E-state index in [-0.39, 0.29) is 18.0 Å². The van der Waals surface area contributed by atoms with E-state index in [9.17, 15) is 14.0 Å². The van der Waals surface area contributed by atoms with Crippen LogP contribution >= 0.6 is 0 Å². The summed E-state index contributed by atoms with van der Waals surface area (Å²) in [6, 6.07) is 11.1. The number of hydrogen-bond donors (Lipinski definition) is 2. The van der Waals surface area contributed by atoms with E-state index in [2.05, 4.69) is 10.6 Å². The smallest absolute Gasteiger partial charge is 0.254 e. The Morgan fingerprint density at radius 1 is 1.12 bits per heavy atom. The number of methoxy groups -OCH3 is 1. The molecule has 0 saturated carbocycles. The van der Waals surface area contributed by atoms with E-state index in [0.29, 0.717) is 24.7 Å². The lowest BCUT2D eigenvalue weighted by Gasteiger charge is -2.10. The molecule has 0 radical (unpaired) electrons. The Balaban J connectivity index is 2.00. The van der Waals surface area contributed by atoms with Gasteiger partial charge in [0.2, 0.25) is 5.91 Å². The lowest BCUT2D eigenvalue weighted by molar-refractivity contribution is -0.114. The van der Waals surface area contributed by atoms with Crippen LogP contribution in [0.15, 0.2) is 42.5 Å².